The van der Waals surface area contributed by atoms with Crippen LogP contribution in [0.25, 0.3) is 0 Å². The number of nitrogens with two attached hydrogens (primary N) is 2. The van der Waals surface area contributed by atoms with Gasteiger partial charge in [0.25, 0.3) is 0 Å². The van der Waals surface area contributed by atoms with Gasteiger partial charge in [-0.25, -0.2) is 10.6 Å². The van der Waals surface area contributed by atoms with Crippen molar-refractivity contribution in [2.75, 3.05) is 0 Å². The Morgan fingerprint density at radius 3 is 2.10 bits per heavy atom. The Hall–Kier alpha value is -1.33. The van der Waals surface area contributed by atoms with Gasteiger partial charge in [0, 0.05) is 0 Å². The first-order valence-electron chi connectivity index (χ1n) is 1.92. The monoisotopic (exact) mass is 164 g/mol. The third-order valence-electron chi connectivity index (χ3n) is 0.592. The van der Waals surface area contributed by atoms with Crippen molar-refractivity contribution in [3.63, 3.8) is 0 Å². The number of amides is 2. The zero-order chi connectivity index (χ0) is 8.36. The van der Waals surface area contributed by atoms with E-state index in [0.29, 0.717) is 0 Å². The van der Waals surface area contributed by atoms with Gasteiger partial charge in [-0.2, -0.15) is 13.7 Å². The smallest absolute Gasteiger partial charge is 0.346 e. The van der Waals surface area contributed by atoms with Gasteiger partial charge in [-0.15, -0.1) is 4.41 Å². The van der Waals surface area contributed by atoms with Crippen LogP contribution in [-0.2, 0) is 10.0 Å². The van der Waals surface area contributed by atoms with Crippen LogP contribution in [0.1, 0.15) is 0 Å². The molecule has 0 saturated heterocycles. The van der Waals surface area contributed by atoms with Crippen LogP contribution in [0, 0.1) is 10.7 Å². The van der Waals surface area contributed by atoms with Gasteiger partial charge in [0.15, 0.2) is 0 Å². The molecule has 0 aliphatic heterocycles. The highest BCUT2D eigenvalue weighted by Gasteiger charge is 2.20. The number of sulfonamides is 1. The number of carbonyl (C=O) groups is 1. The molecule has 0 heterocycles. The van der Waals surface area contributed by atoms with Crippen molar-refractivity contribution in [2.45, 2.75) is 0 Å². The Kier molecular flexibility index (Phi) is 2.17. The minimum atomic E-state index is -4.36. The highest BCUT2D eigenvalue weighted by molar-refractivity contribution is 7.94. The van der Waals surface area contributed by atoms with Crippen molar-refractivity contribution < 1.29 is 13.2 Å². The maximum atomic E-state index is 10.3. The van der Waals surface area contributed by atoms with Crippen molar-refractivity contribution in [1.29, 1.82) is 5.26 Å². The van der Waals surface area contributed by atoms with Crippen molar-refractivity contribution in [2.24, 2.45) is 11.6 Å². The largest absolute Gasteiger partial charge is 0.349 e. The lowest BCUT2D eigenvalue weighted by molar-refractivity contribution is 0.233. The van der Waals surface area contributed by atoms with E-state index >= 15 is 0 Å². The molecule has 4 N–H and O–H groups in total. The van der Waals surface area contributed by atoms with E-state index in [2.05, 4.69) is 11.6 Å². The quantitative estimate of drug-likeness (QED) is 0.153. The summed E-state index contributed by atoms with van der Waals surface area (Å²) in [4.78, 5) is 10.00. The van der Waals surface area contributed by atoms with Crippen LogP contribution < -0.4 is 11.6 Å². The van der Waals surface area contributed by atoms with Crippen molar-refractivity contribution in [3.8, 4) is 5.40 Å². The third kappa shape index (κ3) is 1.57. The van der Waals surface area contributed by atoms with Crippen molar-refractivity contribution >= 4 is 16.1 Å². The maximum Gasteiger partial charge on any atom is 0.346 e. The molecule has 0 spiro atoms. The second kappa shape index (κ2) is 2.51. The second-order valence-electron chi connectivity index (χ2n) is 1.23. The molecule has 0 aliphatic carbocycles. The van der Waals surface area contributed by atoms with Gasteiger partial charge in [0.05, 0.1) is 0 Å². The fourth-order valence-corrected chi connectivity index (χ4v) is 0.487. The lowest BCUT2D eigenvalue weighted by Crippen LogP contribution is -2.44. The molecule has 0 aromatic rings. The SMILES string of the molecule is N#CS(=O)(=O)N(N)C(N)=O. The highest BCUT2D eigenvalue weighted by atomic mass is 32.2. The van der Waals surface area contributed by atoms with Gasteiger partial charge in [-0.1, -0.05) is 0 Å². The first-order chi connectivity index (χ1) is 4.41. The number of carbonyl (C=O) groups excluding carboxylic acids is 1. The lowest BCUT2D eigenvalue weighted by Gasteiger charge is -2.06. The molecule has 0 bridgehead atoms. The van der Waals surface area contributed by atoms with Crippen LogP contribution in [0.3, 0.4) is 0 Å². The van der Waals surface area contributed by atoms with Crippen molar-refractivity contribution in [1.82, 2.24) is 4.41 Å². The Morgan fingerprint density at radius 2 is 2.00 bits per heavy atom. The molecule has 0 aromatic heterocycles. The molecular weight excluding hydrogens is 160 g/mol. The average Bonchev–Trinajstić information content (AvgIpc) is 1.86. The van der Waals surface area contributed by atoms with Gasteiger partial charge in [0.2, 0.25) is 5.40 Å². The zero-order valence-corrected chi connectivity index (χ0v) is 5.50. The number of rotatable bonds is 1. The molecule has 0 saturated carbocycles. The zero-order valence-electron chi connectivity index (χ0n) is 4.68. The summed E-state index contributed by atoms with van der Waals surface area (Å²) < 4.78 is 20.2. The molecule has 0 atom stereocenters. The van der Waals surface area contributed by atoms with Gasteiger partial charge in [-0.3, -0.25) is 0 Å². The molecule has 7 nitrogen and oxygen atoms in total. The van der Waals surface area contributed by atoms with Gasteiger partial charge >= 0.3 is 16.1 Å². The van der Waals surface area contributed by atoms with E-state index in [9.17, 15) is 13.2 Å². The summed E-state index contributed by atoms with van der Waals surface area (Å²) in [5, 5.41) is 8.64. The first kappa shape index (κ1) is 8.67. The van der Waals surface area contributed by atoms with E-state index in [1.807, 2.05) is 0 Å². The molecule has 0 aromatic carbocycles. The molecule has 0 radical (unpaired) electrons. The van der Waals surface area contributed by atoms with Crippen LogP contribution >= 0.6 is 0 Å². The number of nitrogens with zero attached hydrogens (tertiary/aromatic N) is 2. The minimum Gasteiger partial charge on any atom is -0.349 e. The highest BCUT2D eigenvalue weighted by Crippen LogP contribution is 1.89. The summed E-state index contributed by atoms with van der Waals surface area (Å²) in [5.74, 6) is 4.55. The Labute approximate surface area is 56.8 Å². The van der Waals surface area contributed by atoms with Gasteiger partial charge in [-0.05, 0) is 0 Å². The van der Waals surface area contributed by atoms with Crippen LogP contribution in [0.5, 0.6) is 0 Å². The molecule has 0 aliphatic rings. The van der Waals surface area contributed by atoms with Crippen LogP contribution in [0.4, 0.5) is 4.79 Å². The minimum absolute atomic E-state index is 0.340. The molecule has 0 fully saturated rings. The third-order valence-corrected chi connectivity index (χ3v) is 1.52. The number of hydrazine groups is 1. The first-order valence-corrected chi connectivity index (χ1v) is 3.36. The number of urea groups is 1. The van der Waals surface area contributed by atoms with Crippen LogP contribution in [0.15, 0.2) is 0 Å². The van der Waals surface area contributed by atoms with Crippen LogP contribution in [-0.4, -0.2) is 18.9 Å². The second-order valence-corrected chi connectivity index (χ2v) is 2.76. The van der Waals surface area contributed by atoms with Crippen LogP contribution in [0.2, 0.25) is 0 Å². The molecular formula is C2H4N4O3S. The molecule has 2 amide bonds. The standard InChI is InChI=1S/C2H4N4O3S/c3-1-10(8,9)6(5)2(4)7/h5H2,(H2,4,7). The van der Waals surface area contributed by atoms with E-state index in [0.717, 1.165) is 5.40 Å². The topological polar surface area (TPSA) is 130 Å². The summed E-state index contributed by atoms with van der Waals surface area (Å²) in [6.07, 6.45) is 0. The van der Waals surface area contributed by atoms with E-state index in [1.54, 1.807) is 0 Å². The summed E-state index contributed by atoms with van der Waals surface area (Å²) in [6, 6.07) is -1.40. The summed E-state index contributed by atoms with van der Waals surface area (Å²) in [5.41, 5.74) is 4.43. The fraction of sp³-hybridized carbons (Fsp3) is 0. The van der Waals surface area contributed by atoms with E-state index in [4.69, 9.17) is 5.26 Å². The Bertz CT molecular complexity index is 273. The summed E-state index contributed by atoms with van der Waals surface area (Å²) >= 11 is 0. The summed E-state index contributed by atoms with van der Waals surface area (Å²) in [6.45, 7) is 0. The molecule has 0 rings (SSSR count). The predicted octanol–water partition coefficient (Wildman–Crippen LogP) is -1.95. The van der Waals surface area contributed by atoms with Gasteiger partial charge in [0.1, 0.15) is 0 Å². The van der Waals surface area contributed by atoms with E-state index < -0.39 is 16.1 Å². The van der Waals surface area contributed by atoms with Gasteiger partial charge < -0.3 is 5.73 Å². The number of thiocyanates is 1. The predicted molar refractivity (Wildman–Crippen MR) is 30.1 cm³/mol. The average molecular weight is 164 g/mol. The molecule has 56 valence electrons. The molecule has 10 heavy (non-hydrogen) atoms. The number of hydrogen-bond donors (Lipinski definition) is 2. The molecule has 0 unspecified atom stereocenters. The number of hydrogen-bond acceptors (Lipinski definition) is 5. The van der Waals surface area contributed by atoms with Crippen molar-refractivity contribution in [3.05, 3.63) is 0 Å². The van der Waals surface area contributed by atoms with E-state index in [-0.39, 0.29) is 4.41 Å². The lowest BCUT2D eigenvalue weighted by atomic mass is 11.2. The Balaban J connectivity index is 4.73. The Morgan fingerprint density at radius 1 is 1.60 bits per heavy atom. The fourth-order valence-electron chi connectivity index (χ4n) is 0.162. The summed E-state index contributed by atoms with van der Waals surface area (Å²) in [7, 11) is -4.36. The maximum absolute atomic E-state index is 10.3. The normalized spacial score (nSPS) is 10.0. The van der Waals surface area contributed by atoms with E-state index in [1.165, 1.54) is 0 Å². The number of primary amides is 1. The number of nitriles is 1. The molecule has 8 heteroatoms.